The van der Waals surface area contributed by atoms with Crippen molar-refractivity contribution in [3.63, 3.8) is 0 Å². The van der Waals surface area contributed by atoms with Gasteiger partial charge in [0.05, 0.1) is 12.0 Å². The Bertz CT molecular complexity index is 423. The molecule has 5 heteroatoms. The lowest BCUT2D eigenvalue weighted by Crippen LogP contribution is -2.61. The number of rotatable bonds is 4. The summed E-state index contributed by atoms with van der Waals surface area (Å²) in [6, 6.07) is -0.0620. The lowest BCUT2D eigenvalue weighted by Gasteiger charge is -2.49. The molecule has 4 aliphatic rings. The van der Waals surface area contributed by atoms with Gasteiger partial charge in [0.1, 0.15) is 5.54 Å². The van der Waals surface area contributed by atoms with Crippen molar-refractivity contribution in [2.24, 2.45) is 17.1 Å². The van der Waals surface area contributed by atoms with E-state index in [1.165, 1.54) is 0 Å². The number of hydrogen-bond acceptors (Lipinski definition) is 4. The van der Waals surface area contributed by atoms with Crippen LogP contribution in [0, 0.1) is 11.3 Å². The van der Waals surface area contributed by atoms with Gasteiger partial charge < -0.3 is 15.8 Å². The Labute approximate surface area is 119 Å². The van der Waals surface area contributed by atoms with Gasteiger partial charge in [-0.25, -0.2) is 4.79 Å². The fourth-order valence-electron chi connectivity index (χ4n) is 3.90. The van der Waals surface area contributed by atoms with E-state index in [1.807, 2.05) is 0 Å². The van der Waals surface area contributed by atoms with Gasteiger partial charge >= 0.3 is 5.97 Å². The second kappa shape index (κ2) is 4.72. The number of nitrogens with one attached hydrogen (secondary N) is 1. The molecule has 4 saturated carbocycles. The maximum absolute atomic E-state index is 12.8. The second-order valence-corrected chi connectivity index (χ2v) is 6.70. The highest BCUT2D eigenvalue weighted by Crippen LogP contribution is 2.50. The minimum absolute atomic E-state index is 0.0197. The van der Waals surface area contributed by atoms with Gasteiger partial charge in [0.2, 0.25) is 5.91 Å². The van der Waals surface area contributed by atoms with E-state index in [4.69, 9.17) is 10.5 Å². The highest BCUT2D eigenvalue weighted by atomic mass is 16.5. The van der Waals surface area contributed by atoms with E-state index < -0.39 is 11.0 Å². The predicted molar refractivity (Wildman–Crippen MR) is 73.7 cm³/mol. The number of esters is 1. The van der Waals surface area contributed by atoms with Crippen LogP contribution in [-0.2, 0) is 14.3 Å². The van der Waals surface area contributed by atoms with Crippen molar-refractivity contribution in [2.75, 3.05) is 6.61 Å². The maximum Gasteiger partial charge on any atom is 0.331 e. The topological polar surface area (TPSA) is 81.4 Å². The number of amides is 1. The van der Waals surface area contributed by atoms with Crippen LogP contribution in [0.3, 0.4) is 0 Å². The van der Waals surface area contributed by atoms with Crippen molar-refractivity contribution in [2.45, 2.75) is 63.5 Å². The second-order valence-electron chi connectivity index (χ2n) is 6.70. The first-order valence-corrected chi connectivity index (χ1v) is 7.78. The van der Waals surface area contributed by atoms with E-state index >= 15 is 0 Å². The van der Waals surface area contributed by atoms with Crippen LogP contribution in [0.25, 0.3) is 0 Å². The Morgan fingerprint density at radius 3 is 2.40 bits per heavy atom. The van der Waals surface area contributed by atoms with Crippen molar-refractivity contribution < 1.29 is 14.3 Å². The molecule has 5 nitrogen and oxygen atoms in total. The minimum atomic E-state index is -0.754. The SMILES string of the molecule is CCOC(=O)C1(NC(=O)C23CCC(CC2)CC3N)CC1. The molecule has 0 aromatic carbocycles. The van der Waals surface area contributed by atoms with Crippen molar-refractivity contribution >= 4 is 11.9 Å². The zero-order chi connectivity index (χ0) is 14.4. The first-order chi connectivity index (χ1) is 9.52. The smallest absolute Gasteiger partial charge is 0.331 e. The molecular weight excluding hydrogens is 256 g/mol. The molecule has 4 fully saturated rings. The molecule has 0 aromatic rings. The normalized spacial score (nSPS) is 37.3. The van der Waals surface area contributed by atoms with E-state index in [0.717, 1.165) is 32.1 Å². The summed E-state index contributed by atoms with van der Waals surface area (Å²) in [6.07, 6.45) is 6.23. The Balaban J connectivity index is 1.71. The summed E-state index contributed by atoms with van der Waals surface area (Å²) in [4.78, 5) is 24.7. The number of nitrogens with two attached hydrogens (primary N) is 1. The predicted octanol–water partition coefficient (Wildman–Crippen LogP) is 1.11. The zero-order valence-electron chi connectivity index (χ0n) is 12.1. The molecule has 112 valence electrons. The van der Waals surface area contributed by atoms with E-state index in [0.29, 0.717) is 25.4 Å². The van der Waals surface area contributed by atoms with Crippen molar-refractivity contribution in [3.8, 4) is 0 Å². The fourth-order valence-corrected chi connectivity index (χ4v) is 3.90. The van der Waals surface area contributed by atoms with Gasteiger partial charge in [-0.1, -0.05) is 0 Å². The molecule has 0 heterocycles. The summed E-state index contributed by atoms with van der Waals surface area (Å²) in [5, 5.41) is 2.98. The molecule has 0 aliphatic heterocycles. The molecule has 4 rings (SSSR count). The quantitative estimate of drug-likeness (QED) is 0.756. The third-order valence-corrected chi connectivity index (χ3v) is 5.52. The number of carbonyl (C=O) groups excluding carboxylic acids is 2. The van der Waals surface area contributed by atoms with E-state index in [-0.39, 0.29) is 17.9 Å². The lowest BCUT2D eigenvalue weighted by molar-refractivity contribution is -0.152. The Morgan fingerprint density at radius 1 is 1.25 bits per heavy atom. The standard InChI is InChI=1S/C15H24N2O3/c1-2-20-13(19)15(7-8-15)17-12(18)14-5-3-10(4-6-14)9-11(14)16/h10-11H,2-9,16H2,1H3,(H,17,18). The minimum Gasteiger partial charge on any atom is -0.464 e. The molecule has 0 saturated heterocycles. The van der Waals surface area contributed by atoms with E-state index in [9.17, 15) is 9.59 Å². The summed E-state index contributed by atoms with van der Waals surface area (Å²) in [5.74, 6) is 0.385. The Hall–Kier alpha value is -1.10. The van der Waals surface area contributed by atoms with Gasteiger partial charge in [0.15, 0.2) is 0 Å². The Kier molecular flexibility index (Phi) is 3.27. The lowest BCUT2D eigenvalue weighted by atomic mass is 9.57. The zero-order valence-corrected chi connectivity index (χ0v) is 12.1. The van der Waals surface area contributed by atoms with Gasteiger partial charge in [-0.15, -0.1) is 0 Å². The summed E-state index contributed by atoms with van der Waals surface area (Å²) in [5.41, 5.74) is 5.05. The summed E-state index contributed by atoms with van der Waals surface area (Å²) in [6.45, 7) is 2.13. The average Bonchev–Trinajstić information content (AvgIpc) is 3.21. The van der Waals surface area contributed by atoms with Gasteiger partial charge in [-0.3, -0.25) is 4.79 Å². The van der Waals surface area contributed by atoms with Crippen LogP contribution in [0.2, 0.25) is 0 Å². The van der Waals surface area contributed by atoms with Crippen LogP contribution in [0.1, 0.15) is 51.9 Å². The molecule has 4 aliphatic carbocycles. The maximum atomic E-state index is 12.8. The largest absolute Gasteiger partial charge is 0.464 e. The summed E-state index contributed by atoms with van der Waals surface area (Å²) in [7, 11) is 0. The molecule has 3 N–H and O–H groups in total. The molecule has 1 atom stereocenters. The number of hydrogen-bond donors (Lipinski definition) is 2. The number of fused-ring (bicyclic) bond motifs is 3. The molecule has 0 radical (unpaired) electrons. The summed E-state index contributed by atoms with van der Waals surface area (Å²) >= 11 is 0. The molecular formula is C15H24N2O3. The molecule has 20 heavy (non-hydrogen) atoms. The van der Waals surface area contributed by atoms with Gasteiger partial charge in [-0.2, -0.15) is 0 Å². The number of carbonyl (C=O) groups is 2. The third-order valence-electron chi connectivity index (χ3n) is 5.52. The van der Waals surface area contributed by atoms with Crippen LogP contribution in [0.4, 0.5) is 0 Å². The van der Waals surface area contributed by atoms with Crippen molar-refractivity contribution in [3.05, 3.63) is 0 Å². The van der Waals surface area contributed by atoms with E-state index in [1.54, 1.807) is 6.92 Å². The molecule has 1 amide bonds. The molecule has 0 spiro atoms. The fraction of sp³-hybridized carbons (Fsp3) is 0.867. The summed E-state index contributed by atoms with van der Waals surface area (Å²) < 4.78 is 5.08. The molecule has 0 aromatic heterocycles. The Morgan fingerprint density at radius 2 is 1.90 bits per heavy atom. The van der Waals surface area contributed by atoms with Crippen molar-refractivity contribution in [1.82, 2.24) is 5.32 Å². The van der Waals surface area contributed by atoms with Crippen LogP contribution in [-0.4, -0.2) is 30.1 Å². The first-order valence-electron chi connectivity index (χ1n) is 7.78. The van der Waals surface area contributed by atoms with Gasteiger partial charge in [0.25, 0.3) is 0 Å². The first kappa shape index (κ1) is 13.9. The van der Waals surface area contributed by atoms with Crippen LogP contribution in [0.15, 0.2) is 0 Å². The monoisotopic (exact) mass is 280 g/mol. The van der Waals surface area contributed by atoms with E-state index in [2.05, 4.69) is 5.32 Å². The van der Waals surface area contributed by atoms with Crippen LogP contribution >= 0.6 is 0 Å². The molecule has 1 unspecified atom stereocenters. The van der Waals surface area contributed by atoms with Crippen LogP contribution < -0.4 is 11.1 Å². The van der Waals surface area contributed by atoms with Gasteiger partial charge in [-0.05, 0) is 57.8 Å². The highest BCUT2D eigenvalue weighted by molar-refractivity contribution is 5.93. The third kappa shape index (κ3) is 2.03. The molecule has 2 bridgehead atoms. The van der Waals surface area contributed by atoms with Gasteiger partial charge in [0, 0.05) is 6.04 Å². The highest BCUT2D eigenvalue weighted by Gasteiger charge is 2.57. The average molecular weight is 280 g/mol. The number of ether oxygens (including phenoxy) is 1. The van der Waals surface area contributed by atoms with Crippen LogP contribution in [0.5, 0.6) is 0 Å². The van der Waals surface area contributed by atoms with Crippen molar-refractivity contribution in [1.29, 1.82) is 0 Å².